The molecule has 1 fully saturated rings. The van der Waals surface area contributed by atoms with Gasteiger partial charge in [0.15, 0.2) is 0 Å². The minimum Gasteiger partial charge on any atom is -0.481 e. The minimum absolute atomic E-state index is 0.0841. The first-order valence-corrected chi connectivity index (χ1v) is 10.9. The van der Waals surface area contributed by atoms with Gasteiger partial charge in [0.1, 0.15) is 18.1 Å². The van der Waals surface area contributed by atoms with Crippen LogP contribution in [0.15, 0.2) is 12.5 Å². The third kappa shape index (κ3) is 8.06. The zero-order valence-electron chi connectivity index (χ0n) is 18.8. The van der Waals surface area contributed by atoms with Crippen molar-refractivity contribution in [2.24, 2.45) is 11.5 Å². The van der Waals surface area contributed by atoms with Crippen LogP contribution in [0.4, 0.5) is 0 Å². The van der Waals surface area contributed by atoms with Crippen molar-refractivity contribution in [2.75, 3.05) is 6.54 Å². The van der Waals surface area contributed by atoms with Crippen LogP contribution in [0, 0.1) is 0 Å². The van der Waals surface area contributed by atoms with Gasteiger partial charge < -0.3 is 42.2 Å². The summed E-state index contributed by atoms with van der Waals surface area (Å²) in [4.78, 5) is 79.8. The van der Waals surface area contributed by atoms with Crippen LogP contribution >= 0.6 is 0 Å². The number of H-pyrrole nitrogens is 1. The van der Waals surface area contributed by atoms with Gasteiger partial charge in [0.25, 0.3) is 0 Å². The Morgan fingerprint density at radius 3 is 2.46 bits per heavy atom. The van der Waals surface area contributed by atoms with Crippen molar-refractivity contribution < 1.29 is 39.0 Å². The number of rotatable bonds is 13. The Morgan fingerprint density at radius 2 is 1.89 bits per heavy atom. The molecule has 0 bridgehead atoms. The number of hydrogen-bond acceptors (Lipinski definition) is 8. The number of imidazole rings is 1. The molecule has 9 N–H and O–H groups in total. The van der Waals surface area contributed by atoms with Crippen molar-refractivity contribution >= 4 is 35.6 Å². The molecule has 0 aliphatic carbocycles. The standard InChI is InChI=1S/C20H29N7O8/c21-11(3-4-16(29)30)19(33)27-5-1-2-14(27)18(32)25-12(6-10-8-23-9-24-10)17(31)26-13(20(34)35)7-15(22)28/h8-9,11-14H,1-7,21H2,(H2,22,28)(H,23,24)(H,25,32)(H,26,31)(H,29,30)(H,34,35). The Hall–Kier alpha value is -4.01. The first-order valence-electron chi connectivity index (χ1n) is 10.9. The van der Waals surface area contributed by atoms with Gasteiger partial charge >= 0.3 is 11.9 Å². The fraction of sp³-hybridized carbons (Fsp3) is 0.550. The molecule has 192 valence electrons. The predicted octanol–water partition coefficient (Wildman–Crippen LogP) is -2.94. The molecule has 1 aromatic heterocycles. The lowest BCUT2D eigenvalue weighted by Crippen LogP contribution is -2.57. The van der Waals surface area contributed by atoms with Crippen LogP contribution in [0.5, 0.6) is 0 Å². The summed E-state index contributed by atoms with van der Waals surface area (Å²) in [5, 5.41) is 22.8. The molecule has 2 heterocycles. The fourth-order valence-electron chi connectivity index (χ4n) is 3.69. The number of amides is 4. The second-order valence-electron chi connectivity index (χ2n) is 8.14. The maximum absolute atomic E-state index is 13.1. The molecule has 0 saturated carbocycles. The Labute approximate surface area is 199 Å². The van der Waals surface area contributed by atoms with E-state index in [9.17, 15) is 33.9 Å². The number of carbonyl (C=O) groups is 6. The van der Waals surface area contributed by atoms with E-state index in [1.165, 1.54) is 17.4 Å². The fourth-order valence-corrected chi connectivity index (χ4v) is 3.69. The number of primary amides is 1. The number of nitrogens with one attached hydrogen (secondary N) is 3. The average molecular weight is 495 g/mol. The predicted molar refractivity (Wildman–Crippen MR) is 117 cm³/mol. The molecule has 0 aromatic carbocycles. The summed E-state index contributed by atoms with van der Waals surface area (Å²) in [6.07, 6.45) is 2.42. The van der Waals surface area contributed by atoms with Crippen LogP contribution in [-0.2, 0) is 35.2 Å². The summed E-state index contributed by atoms with van der Waals surface area (Å²) in [5.41, 5.74) is 11.3. The Kier molecular flexibility index (Phi) is 9.69. The van der Waals surface area contributed by atoms with Crippen molar-refractivity contribution in [3.63, 3.8) is 0 Å². The first kappa shape index (κ1) is 27.2. The van der Waals surface area contributed by atoms with Gasteiger partial charge in [-0.05, 0) is 19.3 Å². The molecule has 1 aliphatic rings. The number of carboxylic acids is 2. The molecule has 4 unspecified atom stereocenters. The van der Waals surface area contributed by atoms with E-state index in [2.05, 4.69) is 20.6 Å². The molecule has 1 aromatic rings. The minimum atomic E-state index is -1.60. The van der Waals surface area contributed by atoms with Gasteiger partial charge in [-0.2, -0.15) is 0 Å². The summed E-state index contributed by atoms with van der Waals surface area (Å²) in [7, 11) is 0. The monoisotopic (exact) mass is 495 g/mol. The second kappa shape index (κ2) is 12.5. The normalized spacial score (nSPS) is 17.7. The van der Waals surface area contributed by atoms with Crippen LogP contribution in [-0.4, -0.2) is 91.4 Å². The maximum atomic E-state index is 13.1. The third-order valence-electron chi connectivity index (χ3n) is 5.46. The summed E-state index contributed by atoms with van der Waals surface area (Å²) in [6, 6.07) is -4.92. The van der Waals surface area contributed by atoms with Crippen LogP contribution in [0.3, 0.4) is 0 Å². The number of nitrogens with two attached hydrogens (primary N) is 2. The van der Waals surface area contributed by atoms with E-state index < -0.39 is 66.2 Å². The lowest BCUT2D eigenvalue weighted by Gasteiger charge is -2.28. The molecule has 2 rings (SSSR count). The Morgan fingerprint density at radius 1 is 1.17 bits per heavy atom. The number of likely N-dealkylation sites (tertiary alicyclic amines) is 1. The number of nitrogens with zero attached hydrogens (tertiary/aromatic N) is 2. The van der Waals surface area contributed by atoms with Gasteiger partial charge in [-0.15, -0.1) is 0 Å². The molecule has 0 radical (unpaired) electrons. The van der Waals surface area contributed by atoms with Gasteiger partial charge in [-0.25, -0.2) is 9.78 Å². The molecule has 15 heteroatoms. The number of carbonyl (C=O) groups excluding carboxylic acids is 4. The highest BCUT2D eigenvalue weighted by molar-refractivity contribution is 5.95. The summed E-state index contributed by atoms with van der Waals surface area (Å²) in [6.45, 7) is 0.231. The van der Waals surface area contributed by atoms with Crippen LogP contribution in [0.1, 0.15) is 37.8 Å². The summed E-state index contributed by atoms with van der Waals surface area (Å²) >= 11 is 0. The van der Waals surface area contributed by atoms with E-state index in [4.69, 9.17) is 16.6 Å². The third-order valence-corrected chi connectivity index (χ3v) is 5.46. The molecule has 0 spiro atoms. The van der Waals surface area contributed by atoms with Crippen molar-refractivity contribution in [2.45, 2.75) is 62.7 Å². The molecule has 4 amide bonds. The zero-order chi connectivity index (χ0) is 26.1. The van der Waals surface area contributed by atoms with E-state index in [-0.39, 0.29) is 25.8 Å². The molecule has 1 aliphatic heterocycles. The number of carboxylic acid groups (broad SMARTS) is 2. The quantitative estimate of drug-likeness (QED) is 0.147. The van der Waals surface area contributed by atoms with E-state index in [1.807, 2.05) is 0 Å². The Bertz CT molecular complexity index is 951. The van der Waals surface area contributed by atoms with Gasteiger partial charge in [0, 0.05) is 31.3 Å². The molecule has 1 saturated heterocycles. The molecular weight excluding hydrogens is 466 g/mol. The molecule has 15 nitrogen and oxygen atoms in total. The summed E-state index contributed by atoms with van der Waals surface area (Å²) < 4.78 is 0. The number of aromatic nitrogens is 2. The lowest BCUT2D eigenvalue weighted by atomic mass is 10.1. The maximum Gasteiger partial charge on any atom is 0.326 e. The van der Waals surface area contributed by atoms with Crippen molar-refractivity contribution in [3.8, 4) is 0 Å². The highest BCUT2D eigenvalue weighted by Gasteiger charge is 2.38. The number of hydrogen-bond donors (Lipinski definition) is 7. The highest BCUT2D eigenvalue weighted by atomic mass is 16.4. The first-order chi connectivity index (χ1) is 16.5. The van der Waals surface area contributed by atoms with Crippen LogP contribution in [0.2, 0.25) is 0 Å². The van der Waals surface area contributed by atoms with E-state index in [0.717, 1.165) is 0 Å². The lowest BCUT2D eigenvalue weighted by molar-refractivity contribution is -0.144. The van der Waals surface area contributed by atoms with Crippen molar-refractivity contribution in [1.29, 1.82) is 0 Å². The Balaban J connectivity index is 2.14. The molecular formula is C20H29N7O8. The van der Waals surface area contributed by atoms with Crippen LogP contribution < -0.4 is 22.1 Å². The van der Waals surface area contributed by atoms with Crippen molar-refractivity contribution in [3.05, 3.63) is 18.2 Å². The van der Waals surface area contributed by atoms with Gasteiger partial charge in [-0.3, -0.25) is 24.0 Å². The topological polar surface area (TPSA) is 251 Å². The molecule has 4 atom stereocenters. The second-order valence-corrected chi connectivity index (χ2v) is 8.14. The van der Waals surface area contributed by atoms with Crippen LogP contribution in [0.25, 0.3) is 0 Å². The number of aromatic amines is 1. The molecule has 35 heavy (non-hydrogen) atoms. The van der Waals surface area contributed by atoms with E-state index in [0.29, 0.717) is 18.5 Å². The largest absolute Gasteiger partial charge is 0.481 e. The zero-order valence-corrected chi connectivity index (χ0v) is 18.8. The van der Waals surface area contributed by atoms with E-state index >= 15 is 0 Å². The van der Waals surface area contributed by atoms with Gasteiger partial charge in [-0.1, -0.05) is 0 Å². The SMILES string of the molecule is NC(=O)CC(NC(=O)C(Cc1cnc[nH]1)NC(=O)C1CCCN1C(=O)C(N)CCC(=O)O)C(=O)O. The van der Waals surface area contributed by atoms with E-state index in [1.54, 1.807) is 0 Å². The van der Waals surface area contributed by atoms with Crippen molar-refractivity contribution in [1.82, 2.24) is 25.5 Å². The number of aliphatic carboxylic acids is 2. The van der Waals surface area contributed by atoms with Gasteiger partial charge in [0.2, 0.25) is 23.6 Å². The average Bonchev–Trinajstić information content (AvgIpc) is 3.47. The van der Waals surface area contributed by atoms with Gasteiger partial charge in [0.05, 0.1) is 18.8 Å². The smallest absolute Gasteiger partial charge is 0.326 e. The summed E-state index contributed by atoms with van der Waals surface area (Å²) in [5.74, 6) is -5.64. The highest BCUT2D eigenvalue weighted by Crippen LogP contribution is 2.19.